The largest absolute Gasteiger partial charge is 0.369 e. The summed E-state index contributed by atoms with van der Waals surface area (Å²) in [4.78, 5) is 15.9. The normalized spacial score (nSPS) is 16.8. The zero-order chi connectivity index (χ0) is 14.7. The van der Waals surface area contributed by atoms with Gasteiger partial charge in [0.2, 0.25) is 0 Å². The fourth-order valence-corrected chi connectivity index (χ4v) is 2.98. The highest BCUT2D eigenvalue weighted by Crippen LogP contribution is 2.29. The van der Waals surface area contributed by atoms with Gasteiger partial charge in [0, 0.05) is 25.2 Å². The van der Waals surface area contributed by atoms with E-state index in [2.05, 4.69) is 19.0 Å². The van der Waals surface area contributed by atoms with Crippen LogP contribution in [0.2, 0.25) is 0 Å². The predicted octanol–water partition coefficient (Wildman–Crippen LogP) is 2.81. The number of nitrogens with zero attached hydrogens (tertiary/aromatic N) is 2. The Morgan fingerprint density at radius 1 is 1.35 bits per heavy atom. The van der Waals surface area contributed by atoms with Crippen molar-refractivity contribution in [1.29, 1.82) is 0 Å². The van der Waals surface area contributed by atoms with Crippen LogP contribution >= 0.6 is 0 Å². The number of anilines is 1. The lowest BCUT2D eigenvalue weighted by molar-refractivity contribution is 0.101. The van der Waals surface area contributed by atoms with Gasteiger partial charge in [-0.25, -0.2) is 4.39 Å². The first-order valence-corrected chi connectivity index (χ1v) is 7.18. The van der Waals surface area contributed by atoms with Crippen LogP contribution in [0.1, 0.15) is 30.1 Å². The highest BCUT2D eigenvalue weighted by molar-refractivity contribution is 5.99. The molecule has 20 heavy (non-hydrogen) atoms. The average Bonchev–Trinajstić information content (AvgIpc) is 2.39. The van der Waals surface area contributed by atoms with E-state index in [1.807, 2.05) is 4.90 Å². The van der Waals surface area contributed by atoms with Gasteiger partial charge in [0.1, 0.15) is 5.82 Å². The summed E-state index contributed by atoms with van der Waals surface area (Å²) in [7, 11) is 4.16. The molecule has 0 saturated carbocycles. The SMILES string of the molecule is CC(=O)c1cccc(F)c1N1CCC(CN(C)C)CC1. The number of piperidine rings is 1. The summed E-state index contributed by atoms with van der Waals surface area (Å²) in [5.41, 5.74) is 0.986. The highest BCUT2D eigenvalue weighted by Gasteiger charge is 2.24. The molecule has 1 heterocycles. The van der Waals surface area contributed by atoms with E-state index in [0.29, 0.717) is 17.2 Å². The summed E-state index contributed by atoms with van der Waals surface area (Å²) in [5, 5.41) is 0. The quantitative estimate of drug-likeness (QED) is 0.791. The van der Waals surface area contributed by atoms with Crippen LogP contribution in [-0.4, -0.2) is 44.4 Å². The number of hydrogen-bond donors (Lipinski definition) is 0. The van der Waals surface area contributed by atoms with Gasteiger partial charge in [0.05, 0.1) is 5.69 Å². The van der Waals surface area contributed by atoms with Gasteiger partial charge in [-0.05, 0) is 51.9 Å². The van der Waals surface area contributed by atoms with E-state index in [1.54, 1.807) is 12.1 Å². The number of Topliss-reactive ketones (excluding diaryl/α,β-unsaturated/α-hetero) is 1. The Balaban J connectivity index is 2.13. The van der Waals surface area contributed by atoms with E-state index in [9.17, 15) is 9.18 Å². The van der Waals surface area contributed by atoms with Gasteiger partial charge in [0.15, 0.2) is 5.78 Å². The van der Waals surface area contributed by atoms with Crippen LogP contribution in [0.25, 0.3) is 0 Å². The first-order chi connectivity index (χ1) is 9.49. The average molecular weight is 278 g/mol. The molecule has 0 radical (unpaired) electrons. The second kappa shape index (κ2) is 6.35. The minimum Gasteiger partial charge on any atom is -0.369 e. The molecule has 1 fully saturated rings. The van der Waals surface area contributed by atoms with Crippen LogP contribution in [0.5, 0.6) is 0 Å². The topological polar surface area (TPSA) is 23.6 Å². The third-order valence-corrected chi connectivity index (χ3v) is 3.92. The molecule has 0 bridgehead atoms. The molecule has 1 aromatic rings. The molecule has 0 aliphatic carbocycles. The van der Waals surface area contributed by atoms with Crippen LogP contribution in [0.3, 0.4) is 0 Å². The van der Waals surface area contributed by atoms with Gasteiger partial charge in [-0.2, -0.15) is 0 Å². The third-order valence-electron chi connectivity index (χ3n) is 3.92. The smallest absolute Gasteiger partial charge is 0.161 e. The Morgan fingerprint density at radius 3 is 2.55 bits per heavy atom. The molecule has 1 aliphatic rings. The number of carbonyl (C=O) groups excluding carboxylic acids is 1. The first kappa shape index (κ1) is 15.0. The van der Waals surface area contributed by atoms with Crippen molar-refractivity contribution in [2.24, 2.45) is 5.92 Å². The highest BCUT2D eigenvalue weighted by atomic mass is 19.1. The van der Waals surface area contributed by atoms with Gasteiger partial charge >= 0.3 is 0 Å². The van der Waals surface area contributed by atoms with Crippen molar-refractivity contribution in [3.05, 3.63) is 29.6 Å². The Bertz CT molecular complexity index is 479. The van der Waals surface area contributed by atoms with Crippen LogP contribution in [0.15, 0.2) is 18.2 Å². The van der Waals surface area contributed by atoms with Gasteiger partial charge in [-0.1, -0.05) is 6.07 Å². The molecule has 0 unspecified atom stereocenters. The van der Waals surface area contributed by atoms with Gasteiger partial charge in [-0.3, -0.25) is 4.79 Å². The Labute approximate surface area is 120 Å². The number of para-hydroxylation sites is 1. The fraction of sp³-hybridized carbons (Fsp3) is 0.562. The molecule has 0 spiro atoms. The number of hydrogen-bond acceptors (Lipinski definition) is 3. The lowest BCUT2D eigenvalue weighted by Crippen LogP contribution is -2.38. The monoisotopic (exact) mass is 278 g/mol. The number of benzene rings is 1. The zero-order valence-corrected chi connectivity index (χ0v) is 12.5. The molecule has 2 rings (SSSR count). The second-order valence-corrected chi connectivity index (χ2v) is 5.88. The molecule has 1 aliphatic heterocycles. The summed E-state index contributed by atoms with van der Waals surface area (Å²) in [6, 6.07) is 4.76. The summed E-state index contributed by atoms with van der Waals surface area (Å²) in [6.45, 7) is 4.21. The van der Waals surface area contributed by atoms with Crippen molar-refractivity contribution in [3.8, 4) is 0 Å². The summed E-state index contributed by atoms with van der Waals surface area (Å²) < 4.78 is 14.1. The third kappa shape index (κ3) is 3.37. The van der Waals surface area contributed by atoms with E-state index in [-0.39, 0.29) is 11.6 Å². The first-order valence-electron chi connectivity index (χ1n) is 7.18. The predicted molar refractivity (Wildman–Crippen MR) is 79.9 cm³/mol. The standard InChI is InChI=1S/C16H23FN2O/c1-12(20)14-5-4-6-15(17)16(14)19-9-7-13(8-10-19)11-18(2)3/h4-6,13H,7-11H2,1-3H3. The maximum absolute atomic E-state index is 14.1. The van der Waals surface area contributed by atoms with Crippen molar-refractivity contribution < 1.29 is 9.18 Å². The maximum atomic E-state index is 14.1. The minimum absolute atomic E-state index is 0.0742. The van der Waals surface area contributed by atoms with Gasteiger partial charge < -0.3 is 9.80 Å². The van der Waals surface area contributed by atoms with E-state index in [1.165, 1.54) is 13.0 Å². The zero-order valence-electron chi connectivity index (χ0n) is 12.5. The number of halogens is 1. The Hall–Kier alpha value is -1.42. The van der Waals surface area contributed by atoms with Crippen molar-refractivity contribution in [2.75, 3.05) is 38.6 Å². The van der Waals surface area contributed by atoms with Crippen LogP contribution in [-0.2, 0) is 0 Å². The molecule has 0 N–H and O–H groups in total. The van der Waals surface area contributed by atoms with Crippen molar-refractivity contribution in [2.45, 2.75) is 19.8 Å². The maximum Gasteiger partial charge on any atom is 0.161 e. The molecule has 0 aromatic heterocycles. The number of rotatable bonds is 4. The molecule has 0 amide bonds. The lowest BCUT2D eigenvalue weighted by atomic mass is 9.95. The molecule has 3 nitrogen and oxygen atoms in total. The van der Waals surface area contributed by atoms with Crippen molar-refractivity contribution >= 4 is 11.5 Å². The molecule has 1 aromatic carbocycles. The lowest BCUT2D eigenvalue weighted by Gasteiger charge is -2.35. The molecular weight excluding hydrogens is 255 g/mol. The van der Waals surface area contributed by atoms with Crippen LogP contribution in [0.4, 0.5) is 10.1 Å². The summed E-state index contributed by atoms with van der Waals surface area (Å²) in [5.74, 6) is 0.299. The van der Waals surface area contributed by atoms with Gasteiger partial charge in [0.25, 0.3) is 0 Å². The number of ketones is 1. The summed E-state index contributed by atoms with van der Waals surface area (Å²) in [6.07, 6.45) is 2.09. The molecule has 4 heteroatoms. The Morgan fingerprint density at radius 2 is 2.00 bits per heavy atom. The number of carbonyl (C=O) groups is 1. The van der Waals surface area contributed by atoms with Crippen LogP contribution in [0, 0.1) is 11.7 Å². The molecule has 110 valence electrons. The van der Waals surface area contributed by atoms with Gasteiger partial charge in [-0.15, -0.1) is 0 Å². The van der Waals surface area contributed by atoms with E-state index in [0.717, 1.165) is 32.5 Å². The fourth-order valence-electron chi connectivity index (χ4n) is 2.98. The summed E-state index contributed by atoms with van der Waals surface area (Å²) >= 11 is 0. The molecular formula is C16H23FN2O. The van der Waals surface area contributed by atoms with E-state index in [4.69, 9.17) is 0 Å². The molecule has 0 atom stereocenters. The van der Waals surface area contributed by atoms with Crippen molar-refractivity contribution in [1.82, 2.24) is 4.90 Å². The van der Waals surface area contributed by atoms with Crippen LogP contribution < -0.4 is 4.90 Å². The van der Waals surface area contributed by atoms with E-state index >= 15 is 0 Å². The Kier molecular flexibility index (Phi) is 4.76. The minimum atomic E-state index is -0.288. The molecule has 1 saturated heterocycles. The second-order valence-electron chi connectivity index (χ2n) is 5.88. The van der Waals surface area contributed by atoms with Crippen molar-refractivity contribution in [3.63, 3.8) is 0 Å². The van der Waals surface area contributed by atoms with E-state index < -0.39 is 0 Å².